The molecule has 0 saturated carbocycles. The standard InChI is InChI=1S/C19H21N5O4S/c1-27-13-6-5-12(9-14(13)28-2)21-15(25)10-24-11-20-17-16(18(24)26)29-19(22-17)23-7-3-4-8-23/h5-6,9,11H,3-4,7-8,10H2,1-2H3,(H,21,25). The number of nitrogens with zero attached hydrogens (tertiary/aromatic N) is 4. The molecule has 0 atom stereocenters. The third-order valence-corrected chi connectivity index (χ3v) is 5.82. The van der Waals surface area contributed by atoms with Gasteiger partial charge in [-0.25, -0.2) is 4.98 Å². The van der Waals surface area contributed by atoms with Crippen LogP contribution in [0.25, 0.3) is 10.3 Å². The van der Waals surface area contributed by atoms with Gasteiger partial charge in [-0.1, -0.05) is 11.3 Å². The second-order valence-corrected chi connectivity index (χ2v) is 7.62. The highest BCUT2D eigenvalue weighted by Gasteiger charge is 2.19. The Hall–Kier alpha value is -3.14. The topological polar surface area (TPSA) is 98.6 Å². The van der Waals surface area contributed by atoms with E-state index in [1.165, 1.54) is 29.3 Å². The van der Waals surface area contributed by atoms with Crippen molar-refractivity contribution in [3.8, 4) is 11.5 Å². The van der Waals surface area contributed by atoms with Crippen LogP contribution in [-0.4, -0.2) is 47.8 Å². The highest BCUT2D eigenvalue weighted by atomic mass is 32.1. The number of thiazole rings is 1. The molecule has 0 bridgehead atoms. The van der Waals surface area contributed by atoms with Gasteiger partial charge in [-0.3, -0.25) is 14.2 Å². The van der Waals surface area contributed by atoms with E-state index < -0.39 is 0 Å². The molecular weight excluding hydrogens is 394 g/mol. The Kier molecular flexibility index (Phi) is 5.34. The van der Waals surface area contributed by atoms with Crippen LogP contribution in [0, 0.1) is 0 Å². The molecule has 3 heterocycles. The number of nitrogens with one attached hydrogen (secondary N) is 1. The van der Waals surface area contributed by atoms with Gasteiger partial charge in [-0.05, 0) is 25.0 Å². The highest BCUT2D eigenvalue weighted by Crippen LogP contribution is 2.30. The van der Waals surface area contributed by atoms with Crippen molar-refractivity contribution in [3.63, 3.8) is 0 Å². The van der Waals surface area contributed by atoms with Crippen molar-refractivity contribution in [1.82, 2.24) is 14.5 Å². The monoisotopic (exact) mass is 415 g/mol. The molecule has 1 saturated heterocycles. The van der Waals surface area contributed by atoms with Crippen molar-refractivity contribution in [2.24, 2.45) is 0 Å². The van der Waals surface area contributed by atoms with Crippen molar-refractivity contribution in [3.05, 3.63) is 34.9 Å². The van der Waals surface area contributed by atoms with Crippen LogP contribution in [0.4, 0.5) is 10.8 Å². The van der Waals surface area contributed by atoms with E-state index >= 15 is 0 Å². The zero-order valence-electron chi connectivity index (χ0n) is 16.2. The molecule has 1 aromatic carbocycles. The van der Waals surface area contributed by atoms with Crippen molar-refractivity contribution in [1.29, 1.82) is 0 Å². The molecule has 2 aromatic heterocycles. The molecule has 0 radical (unpaired) electrons. The number of ether oxygens (including phenoxy) is 2. The van der Waals surface area contributed by atoms with Crippen LogP contribution in [0.15, 0.2) is 29.3 Å². The molecule has 0 aliphatic carbocycles. The van der Waals surface area contributed by atoms with Crippen LogP contribution >= 0.6 is 11.3 Å². The minimum Gasteiger partial charge on any atom is -0.493 e. The van der Waals surface area contributed by atoms with Gasteiger partial charge in [-0.2, -0.15) is 4.98 Å². The molecule has 4 rings (SSSR count). The van der Waals surface area contributed by atoms with E-state index in [1.54, 1.807) is 25.3 Å². The van der Waals surface area contributed by atoms with E-state index in [0.29, 0.717) is 27.5 Å². The number of fused-ring (bicyclic) bond motifs is 1. The summed E-state index contributed by atoms with van der Waals surface area (Å²) in [7, 11) is 3.07. The molecule has 3 aromatic rings. The van der Waals surface area contributed by atoms with Crippen LogP contribution in [0.1, 0.15) is 12.8 Å². The highest BCUT2D eigenvalue weighted by molar-refractivity contribution is 7.22. The molecule has 29 heavy (non-hydrogen) atoms. The Bertz CT molecular complexity index is 1100. The van der Waals surface area contributed by atoms with E-state index in [2.05, 4.69) is 20.2 Å². The summed E-state index contributed by atoms with van der Waals surface area (Å²) in [5.74, 6) is 0.727. The lowest BCUT2D eigenvalue weighted by atomic mass is 10.2. The summed E-state index contributed by atoms with van der Waals surface area (Å²) in [4.78, 5) is 36.1. The van der Waals surface area contributed by atoms with Crippen LogP contribution in [0.5, 0.6) is 11.5 Å². The predicted molar refractivity (Wildman–Crippen MR) is 111 cm³/mol. The number of carbonyl (C=O) groups is 1. The molecule has 10 heteroatoms. The molecular formula is C19H21N5O4S. The molecule has 9 nitrogen and oxygen atoms in total. The van der Waals surface area contributed by atoms with E-state index in [-0.39, 0.29) is 18.0 Å². The molecule has 152 valence electrons. The Labute approximate surface area is 170 Å². The van der Waals surface area contributed by atoms with E-state index in [0.717, 1.165) is 31.1 Å². The summed E-state index contributed by atoms with van der Waals surface area (Å²) in [6, 6.07) is 5.06. The number of amides is 1. The zero-order chi connectivity index (χ0) is 20.4. The maximum Gasteiger partial charge on any atom is 0.273 e. The average Bonchev–Trinajstić information content (AvgIpc) is 3.40. The lowest BCUT2D eigenvalue weighted by Crippen LogP contribution is -2.27. The number of carbonyl (C=O) groups excluding carboxylic acids is 1. The number of aromatic nitrogens is 3. The van der Waals surface area contributed by atoms with Crippen LogP contribution in [-0.2, 0) is 11.3 Å². The van der Waals surface area contributed by atoms with Crippen molar-refractivity contribution in [2.45, 2.75) is 19.4 Å². The summed E-state index contributed by atoms with van der Waals surface area (Å²) < 4.78 is 12.2. The number of anilines is 2. The zero-order valence-corrected chi connectivity index (χ0v) is 17.0. The summed E-state index contributed by atoms with van der Waals surface area (Å²) in [6.45, 7) is 1.75. The number of hydrogen-bond donors (Lipinski definition) is 1. The van der Waals surface area contributed by atoms with Gasteiger partial charge in [0, 0.05) is 24.8 Å². The van der Waals surface area contributed by atoms with Gasteiger partial charge in [0.05, 0.1) is 14.2 Å². The van der Waals surface area contributed by atoms with Crippen LogP contribution in [0.2, 0.25) is 0 Å². The minimum absolute atomic E-state index is 0.146. The first-order valence-corrected chi connectivity index (χ1v) is 10.0. The van der Waals surface area contributed by atoms with Crippen molar-refractivity contribution in [2.75, 3.05) is 37.5 Å². The Balaban J connectivity index is 1.52. The van der Waals surface area contributed by atoms with E-state index in [9.17, 15) is 9.59 Å². The van der Waals surface area contributed by atoms with Gasteiger partial charge >= 0.3 is 0 Å². The maximum atomic E-state index is 12.8. The van der Waals surface area contributed by atoms with Crippen LogP contribution in [0.3, 0.4) is 0 Å². The Morgan fingerprint density at radius 3 is 2.69 bits per heavy atom. The van der Waals surface area contributed by atoms with Gasteiger partial charge in [0.25, 0.3) is 5.56 Å². The molecule has 1 N–H and O–H groups in total. The van der Waals surface area contributed by atoms with Gasteiger partial charge < -0.3 is 19.7 Å². The van der Waals surface area contributed by atoms with E-state index in [1.807, 2.05) is 0 Å². The fourth-order valence-corrected chi connectivity index (χ4v) is 4.28. The second-order valence-electron chi connectivity index (χ2n) is 6.64. The number of hydrogen-bond acceptors (Lipinski definition) is 8. The molecule has 0 spiro atoms. The van der Waals surface area contributed by atoms with Gasteiger partial charge in [-0.15, -0.1) is 0 Å². The predicted octanol–water partition coefficient (Wildman–Crippen LogP) is 2.11. The van der Waals surface area contributed by atoms with Gasteiger partial charge in [0.15, 0.2) is 22.3 Å². The number of benzene rings is 1. The third-order valence-electron chi connectivity index (χ3n) is 4.73. The lowest BCUT2D eigenvalue weighted by molar-refractivity contribution is -0.116. The smallest absolute Gasteiger partial charge is 0.273 e. The first-order valence-electron chi connectivity index (χ1n) is 9.22. The number of rotatable bonds is 6. The molecule has 1 aliphatic heterocycles. The summed E-state index contributed by atoms with van der Waals surface area (Å²) in [6.07, 6.45) is 3.63. The van der Waals surface area contributed by atoms with Crippen molar-refractivity contribution >= 4 is 38.4 Å². The minimum atomic E-state index is -0.343. The Morgan fingerprint density at radius 2 is 1.97 bits per heavy atom. The van der Waals surface area contributed by atoms with Crippen LogP contribution < -0.4 is 25.2 Å². The average molecular weight is 415 g/mol. The molecule has 1 fully saturated rings. The van der Waals surface area contributed by atoms with Crippen molar-refractivity contribution < 1.29 is 14.3 Å². The summed E-state index contributed by atoms with van der Waals surface area (Å²) in [5.41, 5.74) is 0.711. The molecule has 1 amide bonds. The first-order chi connectivity index (χ1) is 14.1. The van der Waals surface area contributed by atoms with Gasteiger partial charge in [0.1, 0.15) is 17.6 Å². The van der Waals surface area contributed by atoms with Gasteiger partial charge in [0.2, 0.25) is 5.91 Å². The fraction of sp³-hybridized carbons (Fsp3) is 0.368. The quantitative estimate of drug-likeness (QED) is 0.658. The largest absolute Gasteiger partial charge is 0.493 e. The molecule has 0 unspecified atom stereocenters. The number of methoxy groups -OCH3 is 2. The Morgan fingerprint density at radius 1 is 1.21 bits per heavy atom. The normalized spacial score (nSPS) is 13.7. The summed E-state index contributed by atoms with van der Waals surface area (Å²) in [5, 5.41) is 3.57. The maximum absolute atomic E-state index is 12.8. The summed E-state index contributed by atoms with van der Waals surface area (Å²) >= 11 is 1.33. The van der Waals surface area contributed by atoms with E-state index in [4.69, 9.17) is 9.47 Å². The lowest BCUT2D eigenvalue weighted by Gasteiger charge is -2.11. The third kappa shape index (κ3) is 3.88. The fourth-order valence-electron chi connectivity index (χ4n) is 3.26. The first kappa shape index (κ1) is 19.2. The SMILES string of the molecule is COc1ccc(NC(=O)Cn2cnc3nc(N4CCCC4)sc3c2=O)cc1OC. The second kappa shape index (κ2) is 8.08. The molecule has 1 aliphatic rings.